The molecule has 0 aliphatic carbocycles. The topological polar surface area (TPSA) is 101 Å². The number of nitrogens with two attached hydrogens (primary N) is 1. The summed E-state index contributed by atoms with van der Waals surface area (Å²) in [6, 6.07) is 7.90. The van der Waals surface area contributed by atoms with E-state index in [0.29, 0.717) is 11.4 Å². The first kappa shape index (κ1) is 17.5. The molecule has 2 aromatic heterocycles. The molecule has 130 valence electrons. The zero-order valence-corrected chi connectivity index (χ0v) is 15.3. The van der Waals surface area contributed by atoms with Crippen LogP contribution in [-0.2, 0) is 17.6 Å². The van der Waals surface area contributed by atoms with Gasteiger partial charge in [0.2, 0.25) is 5.91 Å². The minimum absolute atomic E-state index is 0.147. The van der Waals surface area contributed by atoms with Crippen LogP contribution in [0.3, 0.4) is 0 Å². The average Bonchev–Trinajstić information content (AvgIpc) is 3.15. The monoisotopic (exact) mass is 374 g/mol. The number of aliphatic hydroxyl groups is 1. The van der Waals surface area contributed by atoms with Crippen LogP contribution in [-0.4, -0.2) is 27.6 Å². The zero-order chi connectivity index (χ0) is 17.8. The molecule has 4 N–H and O–H groups in total. The van der Waals surface area contributed by atoms with Crippen LogP contribution in [0, 0.1) is 6.92 Å². The Bertz CT molecular complexity index is 871. The summed E-state index contributed by atoms with van der Waals surface area (Å²) in [4.78, 5) is 21.0. The fourth-order valence-corrected chi connectivity index (χ4v) is 4.19. The molecule has 0 aliphatic rings. The van der Waals surface area contributed by atoms with Crippen LogP contribution in [0.1, 0.15) is 16.3 Å². The molecule has 0 aliphatic heterocycles. The molecule has 0 atom stereocenters. The van der Waals surface area contributed by atoms with E-state index in [9.17, 15) is 4.79 Å². The number of nitrogens with zero attached hydrogens (tertiary/aromatic N) is 2. The molecule has 1 amide bonds. The van der Waals surface area contributed by atoms with Crippen molar-refractivity contribution in [1.82, 2.24) is 9.97 Å². The van der Waals surface area contributed by atoms with Crippen LogP contribution in [0.25, 0.3) is 10.6 Å². The first-order chi connectivity index (χ1) is 12.0. The number of primary amides is 1. The fourth-order valence-electron chi connectivity index (χ4n) is 2.36. The van der Waals surface area contributed by atoms with E-state index in [1.54, 1.807) is 0 Å². The van der Waals surface area contributed by atoms with Gasteiger partial charge in [-0.05, 0) is 31.0 Å². The smallest absolute Gasteiger partial charge is 0.224 e. The van der Waals surface area contributed by atoms with E-state index in [-0.39, 0.29) is 18.9 Å². The number of aromatic nitrogens is 2. The third kappa shape index (κ3) is 4.41. The van der Waals surface area contributed by atoms with Gasteiger partial charge in [-0.2, -0.15) is 0 Å². The number of carbonyl (C=O) groups is 1. The Morgan fingerprint density at radius 2 is 2.04 bits per heavy atom. The highest BCUT2D eigenvalue weighted by Gasteiger charge is 2.14. The number of carbonyl (C=O) groups excluding carboxylic acids is 1. The zero-order valence-electron chi connectivity index (χ0n) is 13.7. The Morgan fingerprint density at radius 1 is 1.28 bits per heavy atom. The van der Waals surface area contributed by atoms with Gasteiger partial charge in [-0.3, -0.25) is 4.79 Å². The predicted octanol–water partition coefficient (Wildman–Crippen LogP) is 2.88. The van der Waals surface area contributed by atoms with E-state index in [1.807, 2.05) is 36.6 Å². The minimum atomic E-state index is -0.384. The second kappa shape index (κ2) is 7.73. The predicted molar refractivity (Wildman–Crippen MR) is 101 cm³/mol. The van der Waals surface area contributed by atoms with Crippen molar-refractivity contribution in [2.45, 2.75) is 19.8 Å². The van der Waals surface area contributed by atoms with E-state index in [2.05, 4.69) is 15.3 Å². The maximum absolute atomic E-state index is 11.0. The number of anilines is 2. The fraction of sp³-hybridized carbons (Fsp3) is 0.235. The summed E-state index contributed by atoms with van der Waals surface area (Å²) in [6.45, 7) is 2.05. The lowest BCUT2D eigenvalue weighted by atomic mass is 10.1. The van der Waals surface area contributed by atoms with E-state index in [4.69, 9.17) is 10.8 Å². The quantitative estimate of drug-likeness (QED) is 0.590. The number of hydrogen-bond donors (Lipinski definition) is 3. The van der Waals surface area contributed by atoms with Crippen molar-refractivity contribution >= 4 is 39.4 Å². The number of rotatable bonds is 7. The lowest BCUT2D eigenvalue weighted by molar-refractivity contribution is -0.117. The van der Waals surface area contributed by atoms with E-state index < -0.39 is 0 Å². The molecule has 8 heteroatoms. The normalized spacial score (nSPS) is 10.8. The Hall–Kier alpha value is -2.29. The molecular formula is C17H18N4O2S2. The van der Waals surface area contributed by atoms with Gasteiger partial charge in [0.1, 0.15) is 5.01 Å². The maximum atomic E-state index is 11.0. The molecule has 6 nitrogen and oxygen atoms in total. The Balaban J connectivity index is 1.74. The summed E-state index contributed by atoms with van der Waals surface area (Å²) < 4.78 is 0. The van der Waals surface area contributed by atoms with Gasteiger partial charge < -0.3 is 16.2 Å². The first-order valence-electron chi connectivity index (χ1n) is 7.72. The van der Waals surface area contributed by atoms with Crippen LogP contribution in [0.15, 0.2) is 29.6 Å². The Labute approximate surface area is 153 Å². The maximum Gasteiger partial charge on any atom is 0.224 e. The molecule has 2 heterocycles. The third-order valence-electron chi connectivity index (χ3n) is 3.51. The van der Waals surface area contributed by atoms with Crippen LogP contribution in [0.4, 0.5) is 10.8 Å². The van der Waals surface area contributed by atoms with Gasteiger partial charge in [0.15, 0.2) is 5.13 Å². The number of amides is 1. The molecule has 0 spiro atoms. The van der Waals surface area contributed by atoms with Gasteiger partial charge >= 0.3 is 0 Å². The minimum Gasteiger partial charge on any atom is -0.396 e. The van der Waals surface area contributed by atoms with Gasteiger partial charge in [0.25, 0.3) is 0 Å². The summed E-state index contributed by atoms with van der Waals surface area (Å²) in [5, 5.41) is 15.7. The van der Waals surface area contributed by atoms with Crippen LogP contribution >= 0.6 is 22.7 Å². The van der Waals surface area contributed by atoms with Gasteiger partial charge in [0, 0.05) is 17.7 Å². The molecule has 0 bridgehead atoms. The number of thiazole rings is 2. The number of aliphatic hydroxyl groups excluding tert-OH is 1. The summed E-state index contributed by atoms with van der Waals surface area (Å²) in [5.74, 6) is -0.384. The number of hydrogen-bond acceptors (Lipinski definition) is 7. The molecule has 0 unspecified atom stereocenters. The van der Waals surface area contributed by atoms with Crippen molar-refractivity contribution in [2.24, 2.45) is 5.73 Å². The highest BCUT2D eigenvalue weighted by Crippen LogP contribution is 2.33. The number of benzene rings is 1. The molecule has 1 aromatic carbocycles. The first-order valence-corrected chi connectivity index (χ1v) is 9.42. The number of nitrogens with one attached hydrogen (secondary N) is 1. The Kier molecular flexibility index (Phi) is 5.42. The van der Waals surface area contributed by atoms with Crippen molar-refractivity contribution in [1.29, 1.82) is 0 Å². The number of aryl methyl sites for hydroxylation is 1. The van der Waals surface area contributed by atoms with Gasteiger partial charge in [0.05, 0.1) is 22.7 Å². The SMILES string of the molecule is Cc1nc(CC(N)=O)sc1-c1csc(Nc2ccc(CCO)cc2)n1. The van der Waals surface area contributed by atoms with Crippen LogP contribution in [0.2, 0.25) is 0 Å². The van der Waals surface area contributed by atoms with E-state index in [1.165, 1.54) is 22.7 Å². The highest BCUT2D eigenvalue weighted by atomic mass is 32.1. The molecule has 25 heavy (non-hydrogen) atoms. The van der Waals surface area contributed by atoms with Crippen molar-refractivity contribution in [2.75, 3.05) is 11.9 Å². The standard InChI is InChI=1S/C17H18N4O2S2/c1-10-16(25-15(19-10)8-14(18)23)13-9-24-17(21-13)20-12-4-2-11(3-5-12)6-7-22/h2-5,9,22H,6-8H2,1H3,(H2,18,23)(H,20,21). The third-order valence-corrected chi connectivity index (χ3v) is 5.45. The second-order valence-electron chi connectivity index (χ2n) is 5.50. The molecule has 0 saturated heterocycles. The van der Waals surface area contributed by atoms with Crippen molar-refractivity contribution in [3.63, 3.8) is 0 Å². The molecular weight excluding hydrogens is 356 g/mol. The molecule has 0 saturated carbocycles. The molecule has 3 rings (SSSR count). The second-order valence-corrected chi connectivity index (χ2v) is 7.44. The summed E-state index contributed by atoms with van der Waals surface area (Å²) >= 11 is 2.96. The lowest BCUT2D eigenvalue weighted by Crippen LogP contribution is -2.13. The van der Waals surface area contributed by atoms with Crippen LogP contribution < -0.4 is 11.1 Å². The largest absolute Gasteiger partial charge is 0.396 e. The van der Waals surface area contributed by atoms with Gasteiger partial charge in [-0.1, -0.05) is 12.1 Å². The van der Waals surface area contributed by atoms with Crippen molar-refractivity contribution < 1.29 is 9.90 Å². The summed E-state index contributed by atoms with van der Waals surface area (Å²) in [5.41, 5.74) is 8.96. The van der Waals surface area contributed by atoms with Crippen molar-refractivity contribution in [3.8, 4) is 10.6 Å². The summed E-state index contributed by atoms with van der Waals surface area (Å²) in [7, 11) is 0. The molecule has 0 fully saturated rings. The molecule has 0 radical (unpaired) electrons. The van der Waals surface area contributed by atoms with Crippen molar-refractivity contribution in [3.05, 3.63) is 45.9 Å². The Morgan fingerprint density at radius 3 is 2.72 bits per heavy atom. The van der Waals surface area contributed by atoms with E-state index in [0.717, 1.165) is 32.6 Å². The van der Waals surface area contributed by atoms with Crippen LogP contribution in [0.5, 0.6) is 0 Å². The average molecular weight is 374 g/mol. The van der Waals surface area contributed by atoms with Gasteiger partial charge in [-0.25, -0.2) is 9.97 Å². The molecule has 3 aromatic rings. The van der Waals surface area contributed by atoms with Gasteiger partial charge in [-0.15, -0.1) is 22.7 Å². The lowest BCUT2D eigenvalue weighted by Gasteiger charge is -2.04. The highest BCUT2D eigenvalue weighted by molar-refractivity contribution is 7.17. The van der Waals surface area contributed by atoms with E-state index >= 15 is 0 Å². The summed E-state index contributed by atoms with van der Waals surface area (Å²) in [6.07, 6.45) is 0.806.